The smallest absolute Gasteiger partial charge is 0.252 e. The van der Waals surface area contributed by atoms with Gasteiger partial charge in [0.1, 0.15) is 5.82 Å². The Hall–Kier alpha value is -1.03. The SMILES string of the molecule is CS(=O)CCNC(=O)c1cc(S(N)(=O)=O)cc(F)c1Cl. The Bertz CT molecular complexity index is 663. The molecule has 6 nitrogen and oxygen atoms in total. The molecule has 0 saturated carbocycles. The minimum Gasteiger partial charge on any atom is -0.351 e. The Labute approximate surface area is 123 Å². The summed E-state index contributed by atoms with van der Waals surface area (Å²) in [4.78, 5) is 11.2. The van der Waals surface area contributed by atoms with Gasteiger partial charge in [-0.05, 0) is 12.1 Å². The largest absolute Gasteiger partial charge is 0.351 e. The van der Waals surface area contributed by atoms with E-state index in [-0.39, 0.29) is 17.9 Å². The maximum Gasteiger partial charge on any atom is 0.252 e. The van der Waals surface area contributed by atoms with Gasteiger partial charge in [-0.15, -0.1) is 0 Å². The van der Waals surface area contributed by atoms with Gasteiger partial charge >= 0.3 is 0 Å². The molecule has 20 heavy (non-hydrogen) atoms. The zero-order valence-electron chi connectivity index (χ0n) is 10.4. The van der Waals surface area contributed by atoms with Gasteiger partial charge in [-0.1, -0.05) is 11.6 Å². The van der Waals surface area contributed by atoms with Crippen molar-refractivity contribution in [3.8, 4) is 0 Å². The fourth-order valence-electron chi connectivity index (χ4n) is 1.30. The third-order valence-corrected chi connectivity index (χ3v) is 4.31. The van der Waals surface area contributed by atoms with Crippen molar-refractivity contribution in [1.82, 2.24) is 5.32 Å². The number of amides is 1. The number of rotatable bonds is 5. The third kappa shape index (κ3) is 4.51. The molecular formula is C10H12ClFN2O4S2. The lowest BCUT2D eigenvalue weighted by Gasteiger charge is -2.08. The molecule has 0 radical (unpaired) electrons. The molecule has 0 aliphatic heterocycles. The first kappa shape index (κ1) is 17.0. The van der Waals surface area contributed by atoms with Crippen LogP contribution in [0.15, 0.2) is 17.0 Å². The van der Waals surface area contributed by atoms with Gasteiger partial charge in [-0.2, -0.15) is 0 Å². The molecule has 0 saturated heterocycles. The van der Waals surface area contributed by atoms with Crippen molar-refractivity contribution in [2.24, 2.45) is 5.14 Å². The van der Waals surface area contributed by atoms with Crippen LogP contribution in [0.25, 0.3) is 0 Å². The highest BCUT2D eigenvalue weighted by atomic mass is 35.5. The standard InChI is InChI=1S/C10H12ClFN2O4S2/c1-19(16)3-2-14-10(15)7-4-6(20(13,17)18)5-8(12)9(7)11/h4-5H,2-3H2,1H3,(H,14,15)(H2,13,17,18). The monoisotopic (exact) mass is 342 g/mol. The Morgan fingerprint density at radius 1 is 1.50 bits per heavy atom. The molecule has 0 bridgehead atoms. The number of benzene rings is 1. The van der Waals surface area contributed by atoms with Crippen LogP contribution in [0.1, 0.15) is 10.4 Å². The topological polar surface area (TPSA) is 106 Å². The molecule has 112 valence electrons. The van der Waals surface area contributed by atoms with Gasteiger partial charge < -0.3 is 5.32 Å². The lowest BCUT2D eigenvalue weighted by atomic mass is 10.2. The summed E-state index contributed by atoms with van der Waals surface area (Å²) in [6.07, 6.45) is 1.46. The maximum atomic E-state index is 13.5. The van der Waals surface area contributed by atoms with Crippen LogP contribution in [-0.4, -0.2) is 37.1 Å². The van der Waals surface area contributed by atoms with Gasteiger partial charge in [0.15, 0.2) is 0 Å². The quantitative estimate of drug-likeness (QED) is 0.799. The predicted octanol–water partition coefficient (Wildman–Crippen LogP) is 0.235. The van der Waals surface area contributed by atoms with Crippen LogP contribution in [0.2, 0.25) is 5.02 Å². The average Bonchev–Trinajstić information content (AvgIpc) is 2.30. The molecule has 0 aromatic heterocycles. The van der Waals surface area contributed by atoms with E-state index in [0.717, 1.165) is 6.07 Å². The van der Waals surface area contributed by atoms with Crippen molar-refractivity contribution in [2.45, 2.75) is 4.90 Å². The number of nitrogens with two attached hydrogens (primary N) is 1. The fraction of sp³-hybridized carbons (Fsp3) is 0.300. The van der Waals surface area contributed by atoms with E-state index in [1.807, 2.05) is 0 Å². The Balaban J connectivity index is 3.08. The van der Waals surface area contributed by atoms with Crippen LogP contribution < -0.4 is 10.5 Å². The highest BCUT2D eigenvalue weighted by Crippen LogP contribution is 2.23. The number of carbonyl (C=O) groups excluding carboxylic acids is 1. The van der Waals surface area contributed by atoms with Crippen molar-refractivity contribution < 1.29 is 21.8 Å². The number of nitrogens with one attached hydrogen (secondary N) is 1. The molecule has 1 unspecified atom stereocenters. The van der Waals surface area contributed by atoms with Gasteiger partial charge in [0.2, 0.25) is 10.0 Å². The van der Waals surface area contributed by atoms with Crippen LogP contribution >= 0.6 is 11.6 Å². The van der Waals surface area contributed by atoms with Crippen molar-refractivity contribution in [2.75, 3.05) is 18.6 Å². The van der Waals surface area contributed by atoms with E-state index in [4.69, 9.17) is 16.7 Å². The minimum absolute atomic E-state index is 0.0828. The summed E-state index contributed by atoms with van der Waals surface area (Å²) in [5, 5.41) is 6.73. The molecule has 0 spiro atoms. The predicted molar refractivity (Wildman–Crippen MR) is 74.0 cm³/mol. The summed E-state index contributed by atoms with van der Waals surface area (Å²) >= 11 is 5.62. The fourth-order valence-corrected chi connectivity index (χ4v) is 2.43. The maximum absolute atomic E-state index is 13.5. The number of sulfonamides is 1. The van der Waals surface area contributed by atoms with Crippen molar-refractivity contribution >= 4 is 38.3 Å². The number of carbonyl (C=O) groups is 1. The lowest BCUT2D eigenvalue weighted by Crippen LogP contribution is -2.28. The summed E-state index contributed by atoms with van der Waals surface area (Å²) in [7, 11) is -5.26. The first-order valence-electron chi connectivity index (χ1n) is 5.23. The molecule has 0 aliphatic carbocycles. The zero-order chi connectivity index (χ0) is 15.5. The second-order valence-electron chi connectivity index (χ2n) is 3.84. The first-order valence-corrected chi connectivity index (χ1v) is 8.88. The van der Waals surface area contributed by atoms with Gasteiger partial charge in [-0.25, -0.2) is 17.9 Å². The summed E-state index contributed by atoms with van der Waals surface area (Å²) < 4.78 is 46.7. The molecule has 10 heteroatoms. The molecule has 0 fully saturated rings. The molecule has 1 rings (SSSR count). The van der Waals surface area contributed by atoms with Crippen LogP contribution in [0.4, 0.5) is 4.39 Å². The first-order chi connectivity index (χ1) is 9.12. The van der Waals surface area contributed by atoms with E-state index in [9.17, 15) is 21.8 Å². The summed E-state index contributed by atoms with van der Waals surface area (Å²) in [5.74, 6) is -1.63. The number of hydrogen-bond acceptors (Lipinski definition) is 4. The molecule has 0 aliphatic rings. The van der Waals surface area contributed by atoms with Crippen LogP contribution in [0.5, 0.6) is 0 Å². The van der Waals surface area contributed by atoms with Gasteiger partial charge in [-0.3, -0.25) is 9.00 Å². The van der Waals surface area contributed by atoms with Gasteiger partial charge in [0.05, 0.1) is 15.5 Å². The van der Waals surface area contributed by atoms with Crippen molar-refractivity contribution in [1.29, 1.82) is 0 Å². The van der Waals surface area contributed by atoms with E-state index >= 15 is 0 Å². The Kier molecular flexibility index (Phi) is 5.63. The van der Waals surface area contributed by atoms with Crippen LogP contribution in [0.3, 0.4) is 0 Å². The highest BCUT2D eigenvalue weighted by molar-refractivity contribution is 7.89. The second-order valence-corrected chi connectivity index (χ2v) is 7.34. The molecule has 1 aromatic carbocycles. The lowest BCUT2D eigenvalue weighted by molar-refractivity contribution is 0.0955. The number of primary sulfonamides is 1. The Morgan fingerprint density at radius 3 is 2.60 bits per heavy atom. The van der Waals surface area contributed by atoms with Crippen molar-refractivity contribution in [3.05, 3.63) is 28.5 Å². The van der Waals surface area contributed by atoms with E-state index in [1.165, 1.54) is 6.26 Å². The highest BCUT2D eigenvalue weighted by Gasteiger charge is 2.19. The average molecular weight is 343 g/mol. The zero-order valence-corrected chi connectivity index (χ0v) is 12.7. The molecule has 1 amide bonds. The molecule has 1 aromatic rings. The van der Waals surface area contributed by atoms with Crippen LogP contribution in [0, 0.1) is 5.82 Å². The molecule has 3 N–H and O–H groups in total. The van der Waals surface area contributed by atoms with Crippen LogP contribution in [-0.2, 0) is 20.8 Å². The summed E-state index contributed by atoms with van der Waals surface area (Å²) in [5.41, 5.74) is -0.349. The van der Waals surface area contributed by atoms with E-state index in [1.54, 1.807) is 0 Å². The van der Waals surface area contributed by atoms with Gasteiger partial charge in [0, 0.05) is 29.4 Å². The van der Waals surface area contributed by atoms with E-state index in [2.05, 4.69) is 5.32 Å². The third-order valence-electron chi connectivity index (χ3n) is 2.25. The molecule has 0 heterocycles. The van der Waals surface area contributed by atoms with E-state index < -0.39 is 42.5 Å². The van der Waals surface area contributed by atoms with E-state index in [0.29, 0.717) is 6.07 Å². The molecular weight excluding hydrogens is 331 g/mol. The summed E-state index contributed by atoms with van der Waals surface area (Å²) in [6, 6.07) is 1.52. The summed E-state index contributed by atoms with van der Waals surface area (Å²) in [6.45, 7) is 0.0828. The Morgan fingerprint density at radius 2 is 2.10 bits per heavy atom. The second kappa shape index (κ2) is 6.61. The van der Waals surface area contributed by atoms with Gasteiger partial charge in [0.25, 0.3) is 5.91 Å². The number of hydrogen-bond donors (Lipinski definition) is 2. The van der Waals surface area contributed by atoms with Crippen molar-refractivity contribution in [3.63, 3.8) is 0 Å². The number of halogens is 2. The molecule has 1 atom stereocenters. The minimum atomic E-state index is -4.16. The normalized spacial score (nSPS) is 13.0.